The first-order valence-corrected chi connectivity index (χ1v) is 9.01. The zero-order valence-corrected chi connectivity index (χ0v) is 15.0. The van der Waals surface area contributed by atoms with Crippen molar-refractivity contribution in [2.75, 3.05) is 24.6 Å². The Balaban J connectivity index is 1.50. The van der Waals surface area contributed by atoms with E-state index in [0.29, 0.717) is 6.61 Å². The summed E-state index contributed by atoms with van der Waals surface area (Å²) in [7, 11) is 0. The third kappa shape index (κ3) is 3.03. The molecule has 1 saturated heterocycles. The average molecular weight is 346 g/mol. The molecule has 0 aromatic carbocycles. The van der Waals surface area contributed by atoms with Crippen molar-refractivity contribution in [3.63, 3.8) is 0 Å². The second-order valence-electron chi connectivity index (χ2n) is 7.15. The van der Waals surface area contributed by atoms with Crippen LogP contribution in [0.5, 0.6) is 0 Å². The van der Waals surface area contributed by atoms with Gasteiger partial charge in [-0.2, -0.15) is 5.10 Å². The molecule has 8 heteroatoms. The van der Waals surface area contributed by atoms with Gasteiger partial charge in [-0.05, 0) is 6.07 Å². The first-order chi connectivity index (χ1) is 11.5. The predicted molar refractivity (Wildman–Crippen MR) is 93.7 cm³/mol. The summed E-state index contributed by atoms with van der Waals surface area (Å²) in [5.41, 5.74) is 1.12. The fraction of sp³-hybridized carbons (Fsp3) is 0.562. The minimum Gasteiger partial charge on any atom is -0.373 e. The number of imidazole rings is 1. The van der Waals surface area contributed by atoms with Crippen molar-refractivity contribution < 1.29 is 4.74 Å². The summed E-state index contributed by atoms with van der Waals surface area (Å²) in [6, 6.07) is 1.93. The molecule has 0 spiro atoms. The molecule has 4 heterocycles. The van der Waals surface area contributed by atoms with Crippen LogP contribution in [0.2, 0.25) is 0 Å². The second kappa shape index (κ2) is 5.86. The van der Waals surface area contributed by atoms with Crippen molar-refractivity contribution in [2.24, 2.45) is 0 Å². The summed E-state index contributed by atoms with van der Waals surface area (Å²) in [6.45, 7) is 9.66. The van der Waals surface area contributed by atoms with Crippen molar-refractivity contribution in [3.8, 4) is 0 Å². The Bertz CT molecular complexity index is 784. The van der Waals surface area contributed by atoms with Crippen molar-refractivity contribution in [1.82, 2.24) is 24.4 Å². The van der Waals surface area contributed by atoms with Gasteiger partial charge in [0.1, 0.15) is 0 Å². The number of morpholine rings is 1. The molecule has 0 aliphatic carbocycles. The topological polar surface area (TPSA) is 60.5 Å². The van der Waals surface area contributed by atoms with Crippen LogP contribution in [0.1, 0.15) is 26.5 Å². The highest BCUT2D eigenvalue weighted by Crippen LogP contribution is 2.28. The van der Waals surface area contributed by atoms with Crippen LogP contribution in [0.3, 0.4) is 0 Å². The standard InChI is InChI=1S/C16H22N6OS/c1-16(2,3)13-11-22-14(18-13)24-15(19-22)20-7-8-23-12(9-20)10-21-6-4-5-17-21/h4-6,11-12H,7-10H2,1-3H3. The summed E-state index contributed by atoms with van der Waals surface area (Å²) in [5, 5.41) is 9.99. The molecule has 3 aromatic heterocycles. The van der Waals surface area contributed by atoms with Crippen molar-refractivity contribution >= 4 is 21.4 Å². The monoisotopic (exact) mass is 346 g/mol. The molecule has 1 atom stereocenters. The lowest BCUT2D eigenvalue weighted by Gasteiger charge is -2.32. The molecule has 0 N–H and O–H groups in total. The number of hydrogen-bond acceptors (Lipinski definition) is 6. The Kier molecular flexibility index (Phi) is 3.80. The van der Waals surface area contributed by atoms with Gasteiger partial charge in [0.05, 0.1) is 31.1 Å². The zero-order valence-electron chi connectivity index (χ0n) is 14.2. The number of anilines is 1. The van der Waals surface area contributed by atoms with Gasteiger partial charge in [-0.3, -0.25) is 4.68 Å². The van der Waals surface area contributed by atoms with Crippen LogP contribution in [0.4, 0.5) is 5.13 Å². The number of nitrogens with zero attached hydrogens (tertiary/aromatic N) is 6. The maximum absolute atomic E-state index is 5.87. The molecule has 7 nitrogen and oxygen atoms in total. The molecule has 3 aromatic rings. The van der Waals surface area contributed by atoms with Crippen molar-refractivity contribution in [2.45, 2.75) is 38.8 Å². The molecule has 0 radical (unpaired) electrons. The van der Waals surface area contributed by atoms with Gasteiger partial charge in [0, 0.05) is 30.9 Å². The SMILES string of the molecule is CC(C)(C)c1cn2nc(N3CCOC(Cn4cccn4)C3)sc2n1. The molecule has 0 amide bonds. The Morgan fingerprint density at radius 2 is 2.25 bits per heavy atom. The maximum atomic E-state index is 5.87. The fourth-order valence-electron chi connectivity index (χ4n) is 2.80. The molecule has 1 unspecified atom stereocenters. The van der Waals surface area contributed by atoms with E-state index in [0.717, 1.165) is 35.4 Å². The van der Waals surface area contributed by atoms with Gasteiger partial charge in [0.15, 0.2) is 0 Å². The molecule has 1 fully saturated rings. The van der Waals surface area contributed by atoms with E-state index in [1.165, 1.54) is 0 Å². The van der Waals surface area contributed by atoms with Crippen molar-refractivity contribution in [3.05, 3.63) is 30.4 Å². The number of rotatable bonds is 3. The maximum Gasteiger partial charge on any atom is 0.214 e. The Morgan fingerprint density at radius 1 is 1.38 bits per heavy atom. The summed E-state index contributed by atoms with van der Waals surface area (Å²) in [5.74, 6) is 0. The summed E-state index contributed by atoms with van der Waals surface area (Å²) in [4.78, 5) is 7.96. The smallest absolute Gasteiger partial charge is 0.214 e. The Labute approximate surface area is 144 Å². The van der Waals surface area contributed by atoms with Crippen LogP contribution in [0.15, 0.2) is 24.7 Å². The van der Waals surface area contributed by atoms with E-state index >= 15 is 0 Å². The van der Waals surface area contributed by atoms with Crippen LogP contribution < -0.4 is 4.90 Å². The molecule has 4 rings (SSSR count). The van der Waals surface area contributed by atoms with Gasteiger partial charge in [0.25, 0.3) is 0 Å². The molecular weight excluding hydrogens is 324 g/mol. The number of ether oxygens (including phenoxy) is 1. The number of aromatic nitrogens is 5. The van der Waals surface area contributed by atoms with Gasteiger partial charge >= 0.3 is 0 Å². The van der Waals surface area contributed by atoms with Crippen LogP contribution >= 0.6 is 11.3 Å². The average Bonchev–Trinajstić information content (AvgIpc) is 3.21. The number of hydrogen-bond donors (Lipinski definition) is 0. The third-order valence-electron chi connectivity index (χ3n) is 4.16. The molecule has 1 aliphatic rings. The first-order valence-electron chi connectivity index (χ1n) is 8.20. The highest BCUT2D eigenvalue weighted by molar-refractivity contribution is 7.20. The highest BCUT2D eigenvalue weighted by Gasteiger charge is 2.25. The van der Waals surface area contributed by atoms with Gasteiger partial charge < -0.3 is 9.64 Å². The summed E-state index contributed by atoms with van der Waals surface area (Å²) >= 11 is 1.64. The summed E-state index contributed by atoms with van der Waals surface area (Å²) in [6.07, 6.45) is 5.92. The minimum atomic E-state index is 0.0431. The minimum absolute atomic E-state index is 0.0431. The van der Waals surface area contributed by atoms with Crippen LogP contribution in [0, 0.1) is 0 Å². The van der Waals surface area contributed by atoms with E-state index in [4.69, 9.17) is 14.8 Å². The van der Waals surface area contributed by atoms with Crippen LogP contribution in [-0.4, -0.2) is 50.2 Å². The van der Waals surface area contributed by atoms with Gasteiger partial charge in [-0.1, -0.05) is 32.1 Å². The quantitative estimate of drug-likeness (QED) is 0.727. The summed E-state index contributed by atoms with van der Waals surface area (Å²) < 4.78 is 9.69. The molecule has 128 valence electrons. The lowest BCUT2D eigenvalue weighted by atomic mass is 9.93. The largest absolute Gasteiger partial charge is 0.373 e. The second-order valence-corrected chi connectivity index (χ2v) is 8.09. The van der Waals surface area contributed by atoms with E-state index < -0.39 is 0 Å². The van der Waals surface area contributed by atoms with Crippen molar-refractivity contribution in [1.29, 1.82) is 0 Å². The van der Waals surface area contributed by atoms with Gasteiger partial charge in [0.2, 0.25) is 10.1 Å². The normalized spacial score (nSPS) is 19.3. The van der Waals surface area contributed by atoms with E-state index in [1.807, 2.05) is 27.7 Å². The van der Waals surface area contributed by atoms with Crippen LogP contribution in [0.25, 0.3) is 4.96 Å². The molecule has 0 bridgehead atoms. The lowest BCUT2D eigenvalue weighted by molar-refractivity contribution is 0.0274. The molecule has 24 heavy (non-hydrogen) atoms. The van der Waals surface area contributed by atoms with E-state index in [-0.39, 0.29) is 11.5 Å². The van der Waals surface area contributed by atoms with Crippen LogP contribution in [-0.2, 0) is 16.7 Å². The molecule has 1 aliphatic heterocycles. The van der Waals surface area contributed by atoms with Gasteiger partial charge in [-0.15, -0.1) is 5.10 Å². The molecular formula is C16H22N6OS. The Morgan fingerprint density at radius 3 is 2.96 bits per heavy atom. The van der Waals surface area contributed by atoms with E-state index in [9.17, 15) is 0 Å². The molecule has 0 saturated carbocycles. The lowest BCUT2D eigenvalue weighted by Crippen LogP contribution is -2.44. The zero-order chi connectivity index (χ0) is 16.7. The fourth-order valence-corrected chi connectivity index (χ4v) is 3.72. The van der Waals surface area contributed by atoms with Gasteiger partial charge in [-0.25, -0.2) is 9.50 Å². The van der Waals surface area contributed by atoms with E-state index in [1.54, 1.807) is 17.5 Å². The number of fused-ring (bicyclic) bond motifs is 1. The van der Waals surface area contributed by atoms with E-state index in [2.05, 4.69) is 30.8 Å². The third-order valence-corrected chi connectivity index (χ3v) is 5.14. The Hall–Kier alpha value is -1.93. The highest BCUT2D eigenvalue weighted by atomic mass is 32.1. The predicted octanol–water partition coefficient (Wildman–Crippen LogP) is 2.19. The first kappa shape index (κ1) is 15.6.